The molecule has 2 rings (SSSR count). The van der Waals surface area contributed by atoms with Gasteiger partial charge < -0.3 is 4.90 Å². The molecule has 0 amide bonds. The molecular formula is C16H19ClF3N3. The first kappa shape index (κ1) is 17.8. The lowest BCUT2D eigenvalue weighted by atomic mass is 9.99. The summed E-state index contributed by atoms with van der Waals surface area (Å²) < 4.78 is 39.3. The van der Waals surface area contributed by atoms with Crippen LogP contribution in [0.3, 0.4) is 0 Å². The summed E-state index contributed by atoms with van der Waals surface area (Å²) in [6.07, 6.45) is -1.76. The number of hydrogen-bond acceptors (Lipinski definition) is 2. The zero-order chi connectivity index (χ0) is 17.2. The monoisotopic (exact) mass is 345 g/mol. The van der Waals surface area contributed by atoms with Crippen molar-refractivity contribution in [2.45, 2.75) is 33.0 Å². The molecule has 1 aromatic heterocycles. The number of nitrogens with zero attached hydrogens (tertiary/aromatic N) is 2. The molecule has 0 bridgehead atoms. The Balaban J connectivity index is 2.45. The van der Waals surface area contributed by atoms with Crippen molar-refractivity contribution in [3.63, 3.8) is 0 Å². The fraction of sp³-hybridized carbons (Fsp3) is 0.438. The summed E-state index contributed by atoms with van der Waals surface area (Å²) >= 11 is 5.76. The molecule has 0 fully saturated rings. The van der Waals surface area contributed by atoms with E-state index in [0.29, 0.717) is 23.4 Å². The zero-order valence-electron chi connectivity index (χ0n) is 13.3. The van der Waals surface area contributed by atoms with Gasteiger partial charge in [-0.05, 0) is 44.6 Å². The maximum atomic E-state index is 13.1. The third kappa shape index (κ3) is 4.06. The second kappa shape index (κ2) is 6.93. The van der Waals surface area contributed by atoms with Crippen LogP contribution in [0, 0.1) is 6.92 Å². The lowest BCUT2D eigenvalue weighted by Crippen LogP contribution is -2.18. The van der Waals surface area contributed by atoms with Crippen molar-refractivity contribution < 1.29 is 13.2 Å². The summed E-state index contributed by atoms with van der Waals surface area (Å²) in [5, 5.41) is 6.61. The maximum absolute atomic E-state index is 13.1. The molecule has 0 unspecified atom stereocenters. The first-order valence-electron chi connectivity index (χ1n) is 7.33. The number of hydrogen-bond donors (Lipinski definition) is 1. The highest BCUT2D eigenvalue weighted by Gasteiger charge is 2.34. The van der Waals surface area contributed by atoms with Gasteiger partial charge in [0.1, 0.15) is 0 Å². The Bertz CT molecular complexity index is 680. The summed E-state index contributed by atoms with van der Waals surface area (Å²) in [5.74, 6) is 0. The molecule has 1 N–H and O–H groups in total. The van der Waals surface area contributed by atoms with E-state index in [2.05, 4.69) is 22.0 Å². The summed E-state index contributed by atoms with van der Waals surface area (Å²) in [4.78, 5) is 2.10. The van der Waals surface area contributed by atoms with Gasteiger partial charge in [-0.15, -0.1) is 0 Å². The van der Waals surface area contributed by atoms with Crippen LogP contribution < -0.4 is 0 Å². The molecule has 2 aromatic rings. The highest BCUT2D eigenvalue weighted by atomic mass is 35.5. The van der Waals surface area contributed by atoms with Crippen molar-refractivity contribution in [3.05, 3.63) is 40.0 Å². The Hall–Kier alpha value is -1.53. The van der Waals surface area contributed by atoms with Crippen LogP contribution in [0.15, 0.2) is 18.3 Å². The molecular weight excluding hydrogens is 327 g/mol. The number of aromatic nitrogens is 2. The maximum Gasteiger partial charge on any atom is 0.417 e. The van der Waals surface area contributed by atoms with E-state index in [1.165, 1.54) is 6.07 Å². The van der Waals surface area contributed by atoms with Crippen molar-refractivity contribution in [2.75, 3.05) is 13.6 Å². The van der Waals surface area contributed by atoms with Crippen LogP contribution in [0.5, 0.6) is 0 Å². The van der Waals surface area contributed by atoms with E-state index < -0.39 is 11.7 Å². The van der Waals surface area contributed by atoms with Crippen LogP contribution in [0.25, 0.3) is 11.3 Å². The normalized spacial score (nSPS) is 12.2. The predicted molar refractivity (Wildman–Crippen MR) is 85.4 cm³/mol. The Morgan fingerprint density at radius 1 is 1.30 bits per heavy atom. The molecule has 0 aliphatic heterocycles. The van der Waals surface area contributed by atoms with Crippen molar-refractivity contribution in [2.24, 2.45) is 0 Å². The topological polar surface area (TPSA) is 31.9 Å². The number of nitrogens with one attached hydrogen (secondary N) is 1. The number of H-pyrrole nitrogens is 1. The van der Waals surface area contributed by atoms with Crippen LogP contribution in [0.1, 0.15) is 30.0 Å². The van der Waals surface area contributed by atoms with Crippen molar-refractivity contribution in [1.29, 1.82) is 0 Å². The minimum atomic E-state index is -4.49. The Kier molecular flexibility index (Phi) is 5.37. The van der Waals surface area contributed by atoms with E-state index in [4.69, 9.17) is 11.6 Å². The van der Waals surface area contributed by atoms with E-state index in [-0.39, 0.29) is 5.02 Å². The number of aryl methyl sites for hydroxylation is 1. The fourth-order valence-electron chi connectivity index (χ4n) is 2.57. The molecule has 0 aliphatic rings. The smallest absolute Gasteiger partial charge is 0.302 e. The van der Waals surface area contributed by atoms with E-state index >= 15 is 0 Å². The van der Waals surface area contributed by atoms with Crippen molar-refractivity contribution in [1.82, 2.24) is 15.1 Å². The van der Waals surface area contributed by atoms with Crippen LogP contribution in [0.2, 0.25) is 5.02 Å². The Labute approximate surface area is 138 Å². The van der Waals surface area contributed by atoms with Gasteiger partial charge >= 0.3 is 6.18 Å². The minimum Gasteiger partial charge on any atom is -0.302 e. The molecule has 23 heavy (non-hydrogen) atoms. The number of benzene rings is 1. The second-order valence-electron chi connectivity index (χ2n) is 5.64. The number of halogens is 4. The summed E-state index contributed by atoms with van der Waals surface area (Å²) in [7, 11) is 1.97. The SMILES string of the molecule is CCCN(C)Cc1c[nH]nc1-c1cc(C(F)(F)F)c(Cl)cc1C. The third-order valence-electron chi connectivity index (χ3n) is 3.64. The molecule has 0 radical (unpaired) electrons. The molecule has 1 aromatic carbocycles. The molecule has 0 aliphatic carbocycles. The van der Waals surface area contributed by atoms with Crippen LogP contribution >= 0.6 is 11.6 Å². The third-order valence-corrected chi connectivity index (χ3v) is 3.95. The van der Waals surface area contributed by atoms with Gasteiger partial charge in [-0.3, -0.25) is 5.10 Å². The molecule has 3 nitrogen and oxygen atoms in total. The number of alkyl halides is 3. The number of rotatable bonds is 5. The number of aromatic amines is 1. The van der Waals surface area contributed by atoms with E-state index in [0.717, 1.165) is 24.6 Å². The van der Waals surface area contributed by atoms with Gasteiger partial charge in [-0.25, -0.2) is 0 Å². The molecule has 0 saturated heterocycles. The van der Waals surface area contributed by atoms with Crippen molar-refractivity contribution in [3.8, 4) is 11.3 Å². The lowest BCUT2D eigenvalue weighted by Gasteiger charge is -2.17. The van der Waals surface area contributed by atoms with Crippen molar-refractivity contribution >= 4 is 11.6 Å². The molecule has 0 spiro atoms. The largest absolute Gasteiger partial charge is 0.417 e. The zero-order valence-corrected chi connectivity index (χ0v) is 14.0. The molecule has 7 heteroatoms. The van der Waals surface area contributed by atoms with Gasteiger partial charge in [0.2, 0.25) is 0 Å². The average molecular weight is 346 g/mol. The Morgan fingerprint density at radius 2 is 2.00 bits per heavy atom. The first-order valence-corrected chi connectivity index (χ1v) is 7.70. The lowest BCUT2D eigenvalue weighted by molar-refractivity contribution is -0.137. The van der Waals surface area contributed by atoms with E-state index in [1.54, 1.807) is 13.1 Å². The van der Waals surface area contributed by atoms with Crippen LogP contribution in [0.4, 0.5) is 13.2 Å². The van der Waals surface area contributed by atoms with Crippen LogP contribution in [-0.2, 0) is 12.7 Å². The summed E-state index contributed by atoms with van der Waals surface area (Å²) in [5.41, 5.74) is 1.67. The van der Waals surface area contributed by atoms with Gasteiger partial charge in [-0.1, -0.05) is 18.5 Å². The predicted octanol–water partition coefficient (Wildman–Crippen LogP) is 4.90. The minimum absolute atomic E-state index is 0.293. The van der Waals surface area contributed by atoms with Gasteiger partial charge in [-0.2, -0.15) is 18.3 Å². The van der Waals surface area contributed by atoms with E-state index in [1.807, 2.05) is 7.05 Å². The van der Waals surface area contributed by atoms with Gasteiger partial charge in [0.05, 0.1) is 16.3 Å². The van der Waals surface area contributed by atoms with Gasteiger partial charge in [0, 0.05) is 23.9 Å². The standard InChI is InChI=1S/C16H19ClF3N3/c1-4-5-23(3)9-11-8-21-22-15(11)12-7-13(16(18,19)20)14(17)6-10(12)2/h6-8H,4-5,9H2,1-3H3,(H,21,22). The highest BCUT2D eigenvalue weighted by molar-refractivity contribution is 6.31. The quantitative estimate of drug-likeness (QED) is 0.835. The van der Waals surface area contributed by atoms with Gasteiger partial charge in [0.15, 0.2) is 0 Å². The molecule has 0 atom stereocenters. The summed E-state index contributed by atoms with van der Waals surface area (Å²) in [6.45, 7) is 5.32. The van der Waals surface area contributed by atoms with E-state index in [9.17, 15) is 13.2 Å². The molecule has 126 valence electrons. The fourth-order valence-corrected chi connectivity index (χ4v) is 2.89. The molecule has 0 saturated carbocycles. The summed E-state index contributed by atoms with van der Waals surface area (Å²) in [6, 6.07) is 2.42. The highest BCUT2D eigenvalue weighted by Crippen LogP contribution is 2.39. The van der Waals surface area contributed by atoms with Gasteiger partial charge in [0.25, 0.3) is 0 Å². The Morgan fingerprint density at radius 3 is 2.61 bits per heavy atom. The van der Waals surface area contributed by atoms with Crippen LogP contribution in [-0.4, -0.2) is 28.7 Å². The average Bonchev–Trinajstić information content (AvgIpc) is 2.85. The molecule has 1 heterocycles. The first-order chi connectivity index (χ1) is 10.7. The second-order valence-corrected chi connectivity index (χ2v) is 6.05.